The minimum Gasteiger partial charge on any atom is -0.496 e. The van der Waals surface area contributed by atoms with Gasteiger partial charge in [-0.15, -0.1) is 0 Å². The van der Waals surface area contributed by atoms with E-state index in [0.29, 0.717) is 22.1 Å². The molecule has 4 aromatic carbocycles. The molecule has 0 unspecified atom stereocenters. The van der Waals surface area contributed by atoms with Crippen LogP contribution in [0.5, 0.6) is 11.5 Å². The molecular weight excluding hydrogens is 681 g/mol. The zero-order chi connectivity index (χ0) is 34.6. The molecule has 0 N–H and O–H groups in total. The highest BCUT2D eigenvalue weighted by atomic mass is 35.5. The number of nitro benzene ring substituents is 2. The lowest BCUT2D eigenvalue weighted by Crippen LogP contribution is -2.08. The summed E-state index contributed by atoms with van der Waals surface area (Å²) in [5.74, 6) is -0.636. The van der Waals surface area contributed by atoms with Gasteiger partial charge in [0, 0.05) is 69.3 Å². The monoisotopic (exact) mass is 699 g/mol. The SMILES string of the molecule is COc1ccc2oc3ccc([N+](=O)[O-])cc3c2c1C(=O)OC(=Cc1c(Cl)cncc1Cl)c1ccc(OC)c2oc3ccc([N+](=O)[O-])cc3c12. The maximum atomic E-state index is 14.4. The van der Waals surface area contributed by atoms with Crippen molar-refractivity contribution in [3.63, 3.8) is 0 Å². The number of hydrogen-bond acceptors (Lipinski definition) is 11. The molecule has 0 atom stereocenters. The molecule has 0 radical (unpaired) electrons. The summed E-state index contributed by atoms with van der Waals surface area (Å²) in [6, 6.07) is 14.4. The molecule has 7 rings (SSSR count). The number of esters is 1. The van der Waals surface area contributed by atoms with E-state index in [4.69, 9.17) is 46.2 Å². The Morgan fingerprint density at radius 2 is 1.35 bits per heavy atom. The maximum Gasteiger partial charge on any atom is 0.348 e. The van der Waals surface area contributed by atoms with Gasteiger partial charge >= 0.3 is 5.97 Å². The molecule has 15 heteroatoms. The molecule has 0 fully saturated rings. The van der Waals surface area contributed by atoms with Crippen molar-refractivity contribution in [3.05, 3.63) is 120 Å². The van der Waals surface area contributed by atoms with Gasteiger partial charge in [-0.25, -0.2) is 4.79 Å². The summed E-state index contributed by atoms with van der Waals surface area (Å²) in [7, 11) is 2.79. The lowest BCUT2D eigenvalue weighted by Gasteiger charge is -2.15. The van der Waals surface area contributed by atoms with Crippen LogP contribution < -0.4 is 9.47 Å². The average Bonchev–Trinajstić information content (AvgIpc) is 3.66. The number of rotatable bonds is 8. The maximum absolute atomic E-state index is 14.4. The van der Waals surface area contributed by atoms with Crippen molar-refractivity contribution in [3.8, 4) is 11.5 Å². The number of non-ortho nitro benzene ring substituents is 2. The molecule has 0 amide bonds. The molecule has 0 aliphatic heterocycles. The predicted octanol–water partition coefficient (Wildman–Crippen LogP) is 9.38. The fraction of sp³-hybridized carbons (Fsp3) is 0.0588. The summed E-state index contributed by atoms with van der Waals surface area (Å²) in [6.07, 6.45) is 4.13. The number of pyridine rings is 1. The first-order valence-electron chi connectivity index (χ1n) is 14.2. The fourth-order valence-corrected chi connectivity index (χ4v) is 6.13. The van der Waals surface area contributed by atoms with Crippen molar-refractivity contribution < 1.29 is 37.7 Å². The fourth-order valence-electron chi connectivity index (χ4n) is 5.65. The molecule has 3 heterocycles. The Labute approximate surface area is 284 Å². The van der Waals surface area contributed by atoms with Gasteiger partial charge in [-0.05, 0) is 42.5 Å². The van der Waals surface area contributed by atoms with Crippen molar-refractivity contribution in [2.24, 2.45) is 0 Å². The number of fused-ring (bicyclic) bond motifs is 6. The van der Waals surface area contributed by atoms with Gasteiger partial charge in [-0.3, -0.25) is 25.2 Å². The third-order valence-electron chi connectivity index (χ3n) is 7.85. The molecular formula is C34H19Cl2N3O10. The number of hydrogen-bond donors (Lipinski definition) is 0. The molecule has 244 valence electrons. The molecule has 3 aromatic heterocycles. The Balaban J connectivity index is 1.50. The molecule has 7 aromatic rings. The summed E-state index contributed by atoms with van der Waals surface area (Å²) in [6.45, 7) is 0. The van der Waals surface area contributed by atoms with Crippen molar-refractivity contribution in [2.45, 2.75) is 0 Å². The summed E-state index contributed by atoms with van der Waals surface area (Å²) in [4.78, 5) is 40.7. The van der Waals surface area contributed by atoms with E-state index in [1.54, 1.807) is 18.2 Å². The lowest BCUT2D eigenvalue weighted by molar-refractivity contribution is -0.384. The van der Waals surface area contributed by atoms with Gasteiger partial charge < -0.3 is 23.0 Å². The van der Waals surface area contributed by atoms with E-state index in [0.717, 1.165) is 0 Å². The second-order valence-corrected chi connectivity index (χ2v) is 11.3. The van der Waals surface area contributed by atoms with Crippen LogP contribution in [0.1, 0.15) is 21.5 Å². The molecule has 0 saturated heterocycles. The molecule has 0 aliphatic rings. The standard InChI is InChI=1S/C34H19Cl2N3O10/c1-45-26-9-10-27-31(21-12-17(39(43)44)3-6-24(21)47-27)32(26)34(40)49-29(13-19-22(35)14-37-15-23(19)36)18-5-8-28(46-2)33-30(18)20-11-16(38(41)42)4-7-25(20)48-33/h3-15H,1-2H3. The molecule has 13 nitrogen and oxygen atoms in total. The third-order valence-corrected chi connectivity index (χ3v) is 8.45. The molecule has 49 heavy (non-hydrogen) atoms. The highest BCUT2D eigenvalue weighted by Crippen LogP contribution is 2.43. The number of carbonyl (C=O) groups excluding carboxylic acids is 1. The minimum atomic E-state index is -0.938. The van der Waals surface area contributed by atoms with E-state index in [-0.39, 0.29) is 77.1 Å². The van der Waals surface area contributed by atoms with E-state index in [1.165, 1.54) is 75.2 Å². The van der Waals surface area contributed by atoms with Crippen LogP contribution in [0.2, 0.25) is 10.0 Å². The van der Waals surface area contributed by atoms with Crippen molar-refractivity contribution in [1.29, 1.82) is 0 Å². The highest BCUT2D eigenvalue weighted by Gasteiger charge is 2.28. The Hall–Kier alpha value is -6.18. The number of ether oxygens (including phenoxy) is 3. The summed E-state index contributed by atoms with van der Waals surface area (Å²) >= 11 is 13.0. The van der Waals surface area contributed by atoms with Gasteiger partial charge in [0.15, 0.2) is 11.3 Å². The lowest BCUT2D eigenvalue weighted by atomic mass is 10.0. The van der Waals surface area contributed by atoms with E-state index in [2.05, 4.69) is 4.98 Å². The van der Waals surface area contributed by atoms with Crippen LogP contribution in [0, 0.1) is 20.2 Å². The quantitative estimate of drug-likeness (QED) is 0.0640. The first-order valence-corrected chi connectivity index (χ1v) is 14.9. The number of benzene rings is 4. The van der Waals surface area contributed by atoms with Crippen LogP contribution in [-0.4, -0.2) is 35.0 Å². The van der Waals surface area contributed by atoms with Crippen LogP contribution in [0.3, 0.4) is 0 Å². The van der Waals surface area contributed by atoms with E-state index >= 15 is 0 Å². The average molecular weight is 700 g/mol. The van der Waals surface area contributed by atoms with Crippen LogP contribution in [-0.2, 0) is 4.74 Å². The number of halogens is 2. The Morgan fingerprint density at radius 1 is 0.776 bits per heavy atom. The summed E-state index contributed by atoms with van der Waals surface area (Å²) in [5, 5.41) is 24.8. The van der Waals surface area contributed by atoms with Gasteiger partial charge in [-0.1, -0.05) is 23.2 Å². The first-order chi connectivity index (χ1) is 23.6. The Bertz CT molecular complexity index is 2550. The third kappa shape index (κ3) is 5.30. The van der Waals surface area contributed by atoms with Crippen LogP contribution in [0.4, 0.5) is 11.4 Å². The topological polar surface area (TPSA) is 170 Å². The van der Waals surface area contributed by atoms with E-state index < -0.39 is 15.8 Å². The predicted molar refractivity (Wildman–Crippen MR) is 181 cm³/mol. The number of furan rings is 2. The molecule has 0 spiro atoms. The molecule has 0 aliphatic carbocycles. The highest BCUT2D eigenvalue weighted by molar-refractivity contribution is 6.37. The van der Waals surface area contributed by atoms with Gasteiger partial charge in [-0.2, -0.15) is 0 Å². The van der Waals surface area contributed by atoms with Gasteiger partial charge in [0.25, 0.3) is 11.4 Å². The van der Waals surface area contributed by atoms with Gasteiger partial charge in [0.1, 0.15) is 33.8 Å². The van der Waals surface area contributed by atoms with E-state index in [1.807, 2.05) is 0 Å². The van der Waals surface area contributed by atoms with E-state index in [9.17, 15) is 25.0 Å². The molecule has 0 saturated carbocycles. The summed E-state index contributed by atoms with van der Waals surface area (Å²) in [5.41, 5.74) is 1.04. The van der Waals surface area contributed by atoms with Crippen molar-refractivity contribution in [2.75, 3.05) is 14.2 Å². The Kier molecular flexibility index (Phi) is 7.77. The zero-order valence-electron chi connectivity index (χ0n) is 25.2. The Morgan fingerprint density at radius 3 is 1.96 bits per heavy atom. The van der Waals surface area contributed by atoms with Crippen LogP contribution >= 0.6 is 23.2 Å². The number of carbonyl (C=O) groups is 1. The number of nitrogens with zero attached hydrogens (tertiary/aromatic N) is 3. The van der Waals surface area contributed by atoms with Crippen molar-refractivity contribution >= 4 is 96.3 Å². The second-order valence-electron chi connectivity index (χ2n) is 10.5. The first kappa shape index (κ1) is 31.4. The smallest absolute Gasteiger partial charge is 0.348 e. The molecule has 0 bridgehead atoms. The summed E-state index contributed by atoms with van der Waals surface area (Å²) < 4.78 is 29.3. The van der Waals surface area contributed by atoms with Crippen LogP contribution in [0.15, 0.2) is 81.9 Å². The number of methoxy groups -OCH3 is 2. The zero-order valence-corrected chi connectivity index (χ0v) is 26.7. The van der Waals surface area contributed by atoms with Crippen LogP contribution in [0.25, 0.3) is 55.7 Å². The normalized spacial score (nSPS) is 11.8. The van der Waals surface area contributed by atoms with Gasteiger partial charge in [0.05, 0.1) is 34.1 Å². The number of aromatic nitrogens is 1. The second kappa shape index (κ2) is 12.1. The minimum absolute atomic E-state index is 0.0884. The van der Waals surface area contributed by atoms with Gasteiger partial charge in [0.2, 0.25) is 0 Å². The number of nitro groups is 2. The largest absolute Gasteiger partial charge is 0.496 e. The van der Waals surface area contributed by atoms with Crippen molar-refractivity contribution in [1.82, 2.24) is 4.98 Å².